The molecule has 0 amide bonds. The number of aromatic nitrogens is 2. The highest BCUT2D eigenvalue weighted by Crippen LogP contribution is 2.55. The number of benzene rings is 1. The number of esters is 1. The molecule has 2 aromatic rings. The van der Waals surface area contributed by atoms with Gasteiger partial charge in [0.05, 0.1) is 25.0 Å². The van der Waals surface area contributed by atoms with Crippen molar-refractivity contribution in [2.24, 2.45) is 0 Å². The molecule has 2 aliphatic heterocycles. The summed E-state index contributed by atoms with van der Waals surface area (Å²) in [4.78, 5) is 21.3. The molecule has 7 nitrogen and oxygen atoms in total. The van der Waals surface area contributed by atoms with Crippen LogP contribution in [0.3, 0.4) is 0 Å². The molecule has 1 aromatic carbocycles. The molecule has 5 rings (SSSR count). The van der Waals surface area contributed by atoms with Crippen LogP contribution in [0.5, 0.6) is 11.5 Å². The van der Waals surface area contributed by atoms with Crippen LogP contribution >= 0.6 is 0 Å². The lowest BCUT2D eigenvalue weighted by Gasteiger charge is -2.36. The number of aromatic amines is 1. The number of nitrogens with one attached hydrogen (secondary N) is 1. The lowest BCUT2D eigenvalue weighted by molar-refractivity contribution is 0.0212. The fraction of sp³-hybridized carbons (Fsp3) is 0.429. The number of nitrogens with zero attached hydrogens (tertiary/aromatic N) is 2. The molecule has 146 valence electrons. The summed E-state index contributed by atoms with van der Waals surface area (Å²) in [5.74, 6) is 1.19. The summed E-state index contributed by atoms with van der Waals surface area (Å²) in [7, 11) is 3.82. The van der Waals surface area contributed by atoms with Crippen molar-refractivity contribution < 1.29 is 19.0 Å². The molecule has 28 heavy (non-hydrogen) atoms. The molecule has 1 aliphatic carbocycles. The predicted octanol–water partition coefficient (Wildman–Crippen LogP) is 2.44. The van der Waals surface area contributed by atoms with Gasteiger partial charge in [0.2, 0.25) is 0 Å². The van der Waals surface area contributed by atoms with Gasteiger partial charge in [0, 0.05) is 18.5 Å². The van der Waals surface area contributed by atoms with E-state index in [1.807, 2.05) is 12.1 Å². The third-order valence-electron chi connectivity index (χ3n) is 6.11. The second-order valence-electron chi connectivity index (χ2n) is 7.77. The van der Waals surface area contributed by atoms with Crippen LogP contribution in [0.1, 0.15) is 34.5 Å². The van der Waals surface area contributed by atoms with Crippen LogP contribution in [0.25, 0.3) is 0 Å². The molecular weight excluding hydrogens is 358 g/mol. The maximum absolute atomic E-state index is 12.3. The number of hydrogen-bond donors (Lipinski definition) is 1. The van der Waals surface area contributed by atoms with Gasteiger partial charge in [-0.05, 0) is 37.7 Å². The first-order valence-electron chi connectivity index (χ1n) is 9.55. The van der Waals surface area contributed by atoms with Gasteiger partial charge in [-0.15, -0.1) is 0 Å². The smallest absolute Gasteiger partial charge is 0.356 e. The van der Waals surface area contributed by atoms with Crippen LogP contribution in [-0.2, 0) is 16.7 Å². The minimum Gasteiger partial charge on any atom is -0.493 e. The molecule has 0 saturated heterocycles. The number of imidazole rings is 1. The van der Waals surface area contributed by atoms with E-state index in [0.29, 0.717) is 12.1 Å². The van der Waals surface area contributed by atoms with Gasteiger partial charge in [0.1, 0.15) is 17.9 Å². The number of methoxy groups -OCH3 is 1. The van der Waals surface area contributed by atoms with E-state index in [4.69, 9.17) is 14.2 Å². The molecule has 0 unspecified atom stereocenters. The fourth-order valence-corrected chi connectivity index (χ4v) is 4.72. The standard InChI is InChI=1S/C21H23N3O4/c1-24-8-7-21-6-5-14(27-20(25)15-10-22-12-23-15)9-17(21)28-19-16(26-2)4-3-13(11-24)18(19)21/h3-6,10,12,14,17H,7-9,11H2,1-2H3,(H,22,23)/t14-,17-,21-/m0/s1. The first-order chi connectivity index (χ1) is 13.6. The fourth-order valence-electron chi connectivity index (χ4n) is 4.72. The second-order valence-corrected chi connectivity index (χ2v) is 7.77. The van der Waals surface area contributed by atoms with Crippen molar-refractivity contribution in [1.82, 2.24) is 14.9 Å². The Kier molecular flexibility index (Phi) is 3.94. The zero-order chi connectivity index (χ0) is 19.3. The Morgan fingerprint density at radius 1 is 1.43 bits per heavy atom. The van der Waals surface area contributed by atoms with E-state index in [1.54, 1.807) is 7.11 Å². The molecule has 3 atom stereocenters. The molecule has 3 heterocycles. The zero-order valence-corrected chi connectivity index (χ0v) is 16.0. The molecule has 7 heteroatoms. The van der Waals surface area contributed by atoms with Gasteiger partial charge in [-0.25, -0.2) is 9.78 Å². The quantitative estimate of drug-likeness (QED) is 0.650. The van der Waals surface area contributed by atoms with Crippen LogP contribution in [0.2, 0.25) is 0 Å². The molecule has 0 saturated carbocycles. The number of rotatable bonds is 3. The second kappa shape index (κ2) is 6.38. The Morgan fingerprint density at radius 2 is 2.32 bits per heavy atom. The van der Waals surface area contributed by atoms with E-state index in [2.05, 4.69) is 34.1 Å². The maximum Gasteiger partial charge on any atom is 0.356 e. The molecule has 0 fully saturated rings. The Hall–Kier alpha value is -2.80. The van der Waals surface area contributed by atoms with Gasteiger partial charge >= 0.3 is 5.97 Å². The Bertz CT molecular complexity index is 939. The highest BCUT2D eigenvalue weighted by Gasteiger charge is 2.53. The molecule has 1 aromatic heterocycles. The summed E-state index contributed by atoms with van der Waals surface area (Å²) in [6.45, 7) is 1.86. The Balaban J connectivity index is 1.50. The van der Waals surface area contributed by atoms with Crippen LogP contribution in [-0.4, -0.2) is 53.7 Å². The van der Waals surface area contributed by atoms with Crippen LogP contribution in [0.4, 0.5) is 0 Å². The minimum atomic E-state index is -0.405. The SMILES string of the molecule is COc1ccc2c3c1O[C@H]1C[C@@H](OC(=O)c4cnc[nH]4)C=C[C@@]31CCN(C)C2. The molecule has 0 radical (unpaired) electrons. The van der Waals surface area contributed by atoms with Crippen molar-refractivity contribution in [3.05, 3.63) is 53.6 Å². The zero-order valence-electron chi connectivity index (χ0n) is 16.0. The average molecular weight is 381 g/mol. The maximum atomic E-state index is 12.3. The molecule has 0 bridgehead atoms. The van der Waals surface area contributed by atoms with E-state index in [0.717, 1.165) is 31.0 Å². The van der Waals surface area contributed by atoms with Crippen LogP contribution in [0.15, 0.2) is 36.8 Å². The third kappa shape index (κ3) is 2.53. The van der Waals surface area contributed by atoms with Gasteiger partial charge in [-0.1, -0.05) is 12.1 Å². The van der Waals surface area contributed by atoms with E-state index in [1.165, 1.54) is 23.7 Å². The number of hydrogen-bond acceptors (Lipinski definition) is 6. The van der Waals surface area contributed by atoms with Crippen molar-refractivity contribution >= 4 is 5.97 Å². The average Bonchev–Trinajstić information content (AvgIpc) is 3.30. The van der Waals surface area contributed by atoms with Crippen molar-refractivity contribution in [3.63, 3.8) is 0 Å². The first kappa shape index (κ1) is 17.3. The van der Waals surface area contributed by atoms with Crippen molar-refractivity contribution in [3.8, 4) is 11.5 Å². The highest BCUT2D eigenvalue weighted by atomic mass is 16.6. The van der Waals surface area contributed by atoms with Gasteiger partial charge < -0.3 is 24.1 Å². The van der Waals surface area contributed by atoms with E-state index in [-0.39, 0.29) is 17.6 Å². The Morgan fingerprint density at radius 3 is 3.11 bits per heavy atom. The summed E-state index contributed by atoms with van der Waals surface area (Å²) in [5, 5.41) is 0. The summed E-state index contributed by atoms with van der Waals surface area (Å²) in [5.41, 5.74) is 2.65. The van der Waals surface area contributed by atoms with Crippen molar-refractivity contribution in [1.29, 1.82) is 0 Å². The number of carbonyl (C=O) groups excluding carboxylic acids is 1. The first-order valence-corrected chi connectivity index (χ1v) is 9.55. The largest absolute Gasteiger partial charge is 0.493 e. The number of H-pyrrole nitrogens is 1. The van der Waals surface area contributed by atoms with E-state index in [9.17, 15) is 4.79 Å². The van der Waals surface area contributed by atoms with Crippen molar-refractivity contribution in [2.75, 3.05) is 20.7 Å². The Labute approximate surface area is 163 Å². The van der Waals surface area contributed by atoms with Crippen LogP contribution < -0.4 is 9.47 Å². The van der Waals surface area contributed by atoms with Crippen LogP contribution in [0, 0.1) is 0 Å². The molecule has 1 N–H and O–H groups in total. The predicted molar refractivity (Wildman–Crippen MR) is 102 cm³/mol. The summed E-state index contributed by atoms with van der Waals surface area (Å²) in [6.07, 6.45) is 8.28. The molecule has 3 aliphatic rings. The van der Waals surface area contributed by atoms with E-state index < -0.39 is 5.97 Å². The third-order valence-corrected chi connectivity index (χ3v) is 6.11. The van der Waals surface area contributed by atoms with Gasteiger partial charge in [0.25, 0.3) is 0 Å². The topological polar surface area (TPSA) is 76.7 Å². The van der Waals surface area contributed by atoms with Gasteiger partial charge in [-0.3, -0.25) is 0 Å². The van der Waals surface area contributed by atoms with Gasteiger partial charge in [0.15, 0.2) is 11.5 Å². The number of carbonyl (C=O) groups is 1. The minimum absolute atomic E-state index is 0.0892. The normalized spacial score (nSPS) is 28.1. The molecular formula is C21H23N3O4. The lowest BCUT2D eigenvalue weighted by Crippen LogP contribution is -2.43. The lowest BCUT2D eigenvalue weighted by atomic mass is 9.69. The highest BCUT2D eigenvalue weighted by molar-refractivity contribution is 5.87. The summed E-state index contributed by atoms with van der Waals surface area (Å²) >= 11 is 0. The monoisotopic (exact) mass is 381 g/mol. The molecule has 1 spiro atoms. The summed E-state index contributed by atoms with van der Waals surface area (Å²) < 4.78 is 17.7. The van der Waals surface area contributed by atoms with E-state index >= 15 is 0 Å². The number of ether oxygens (including phenoxy) is 3. The van der Waals surface area contributed by atoms with Crippen molar-refractivity contribution in [2.45, 2.75) is 37.0 Å². The van der Waals surface area contributed by atoms with Gasteiger partial charge in [-0.2, -0.15) is 0 Å². The summed E-state index contributed by atoms with van der Waals surface area (Å²) in [6, 6.07) is 4.13.